The zero-order valence-electron chi connectivity index (χ0n) is 10.3. The van der Waals surface area contributed by atoms with E-state index >= 15 is 0 Å². The van der Waals surface area contributed by atoms with Crippen molar-refractivity contribution in [1.82, 2.24) is 0 Å². The molecule has 1 amide bonds. The number of anilines is 1. The molecule has 3 N–H and O–H groups in total. The summed E-state index contributed by atoms with van der Waals surface area (Å²) in [5, 5.41) is 2.69. The summed E-state index contributed by atoms with van der Waals surface area (Å²) in [6, 6.07) is 4.64. The van der Waals surface area contributed by atoms with Gasteiger partial charge in [0.1, 0.15) is 0 Å². The van der Waals surface area contributed by atoms with Crippen molar-refractivity contribution in [2.45, 2.75) is 19.9 Å². The lowest BCUT2D eigenvalue weighted by Gasteiger charge is -2.12. The Morgan fingerprint density at radius 1 is 1.47 bits per heavy atom. The molecule has 1 atom stereocenters. The molecule has 1 aromatic rings. The van der Waals surface area contributed by atoms with Crippen molar-refractivity contribution < 1.29 is 14.3 Å². The van der Waals surface area contributed by atoms with Crippen molar-refractivity contribution in [3.63, 3.8) is 0 Å². The van der Waals surface area contributed by atoms with E-state index in [2.05, 4.69) is 5.32 Å². The third kappa shape index (κ3) is 3.64. The van der Waals surface area contributed by atoms with E-state index < -0.39 is 6.04 Å². The number of ether oxygens (including phenoxy) is 2. The van der Waals surface area contributed by atoms with Gasteiger partial charge in [-0.25, -0.2) is 0 Å². The molecule has 0 saturated carbocycles. The topological polar surface area (TPSA) is 73.6 Å². The summed E-state index contributed by atoms with van der Waals surface area (Å²) in [4.78, 5) is 11.4. The molecule has 0 spiro atoms. The third-order valence-corrected chi connectivity index (χ3v) is 2.14. The number of benzene rings is 1. The molecule has 1 unspecified atom stereocenters. The first-order chi connectivity index (χ1) is 8.08. The molecule has 0 fully saturated rings. The van der Waals surface area contributed by atoms with E-state index in [1.807, 2.05) is 6.92 Å². The fraction of sp³-hybridized carbons (Fsp3) is 0.417. The normalized spacial score (nSPS) is 11.8. The molecule has 1 rings (SSSR count). The highest BCUT2D eigenvalue weighted by molar-refractivity contribution is 5.94. The summed E-state index contributed by atoms with van der Waals surface area (Å²) in [5.74, 6) is 0.985. The van der Waals surface area contributed by atoms with E-state index in [1.54, 1.807) is 32.2 Å². The SMILES string of the molecule is CCOc1ccc(NC(=O)C(C)N)cc1OC. The fourth-order valence-corrected chi connectivity index (χ4v) is 1.28. The maximum Gasteiger partial charge on any atom is 0.241 e. The number of carbonyl (C=O) groups excluding carboxylic acids is 1. The van der Waals surface area contributed by atoms with Gasteiger partial charge in [0.2, 0.25) is 5.91 Å². The van der Waals surface area contributed by atoms with Crippen LogP contribution in [0.15, 0.2) is 18.2 Å². The molecule has 94 valence electrons. The van der Waals surface area contributed by atoms with Crippen LogP contribution in [-0.2, 0) is 4.79 Å². The van der Waals surface area contributed by atoms with Crippen molar-refractivity contribution in [3.05, 3.63) is 18.2 Å². The molecule has 0 saturated heterocycles. The standard InChI is InChI=1S/C12H18N2O3/c1-4-17-10-6-5-9(7-11(10)16-3)14-12(15)8(2)13/h5-8H,4,13H2,1-3H3,(H,14,15). The Kier molecular flexibility index (Phi) is 4.78. The molecule has 0 aliphatic rings. The summed E-state index contributed by atoms with van der Waals surface area (Å²) in [7, 11) is 1.55. The first-order valence-electron chi connectivity index (χ1n) is 5.45. The monoisotopic (exact) mass is 238 g/mol. The van der Waals surface area contributed by atoms with Crippen molar-refractivity contribution in [2.75, 3.05) is 19.0 Å². The van der Waals surface area contributed by atoms with Gasteiger partial charge in [-0.05, 0) is 26.0 Å². The Bertz CT molecular complexity index is 391. The molecule has 0 aliphatic heterocycles. The summed E-state index contributed by atoms with van der Waals surface area (Å²) in [6.45, 7) is 4.08. The molecule has 1 aromatic carbocycles. The van der Waals surface area contributed by atoms with Crippen molar-refractivity contribution in [3.8, 4) is 11.5 Å². The summed E-state index contributed by atoms with van der Waals surface area (Å²) >= 11 is 0. The number of nitrogens with one attached hydrogen (secondary N) is 1. The average Bonchev–Trinajstić information content (AvgIpc) is 2.31. The highest BCUT2D eigenvalue weighted by atomic mass is 16.5. The lowest BCUT2D eigenvalue weighted by molar-refractivity contribution is -0.117. The number of methoxy groups -OCH3 is 1. The second-order valence-corrected chi connectivity index (χ2v) is 3.58. The van der Waals surface area contributed by atoms with Crippen LogP contribution < -0.4 is 20.5 Å². The zero-order chi connectivity index (χ0) is 12.8. The third-order valence-electron chi connectivity index (χ3n) is 2.14. The van der Waals surface area contributed by atoms with E-state index in [1.165, 1.54) is 0 Å². The number of carbonyl (C=O) groups is 1. The summed E-state index contributed by atoms with van der Waals surface area (Å²) < 4.78 is 10.5. The predicted molar refractivity (Wildman–Crippen MR) is 66.4 cm³/mol. The van der Waals surface area contributed by atoms with E-state index in [9.17, 15) is 4.79 Å². The molecule has 17 heavy (non-hydrogen) atoms. The Morgan fingerprint density at radius 2 is 2.18 bits per heavy atom. The zero-order valence-corrected chi connectivity index (χ0v) is 10.3. The fourth-order valence-electron chi connectivity index (χ4n) is 1.28. The van der Waals surface area contributed by atoms with Crippen LogP contribution in [0.25, 0.3) is 0 Å². The number of rotatable bonds is 5. The van der Waals surface area contributed by atoms with Crippen molar-refractivity contribution >= 4 is 11.6 Å². The minimum atomic E-state index is -0.549. The summed E-state index contributed by atoms with van der Waals surface area (Å²) in [5.41, 5.74) is 6.10. The number of amides is 1. The minimum Gasteiger partial charge on any atom is -0.493 e. The first-order valence-corrected chi connectivity index (χ1v) is 5.45. The van der Waals surface area contributed by atoms with Crippen LogP contribution in [0.1, 0.15) is 13.8 Å². The lowest BCUT2D eigenvalue weighted by Crippen LogP contribution is -2.32. The Morgan fingerprint density at radius 3 is 2.71 bits per heavy atom. The average molecular weight is 238 g/mol. The highest BCUT2D eigenvalue weighted by Gasteiger charge is 2.10. The summed E-state index contributed by atoms with van der Waals surface area (Å²) in [6.07, 6.45) is 0. The van der Waals surface area contributed by atoms with Gasteiger partial charge in [-0.1, -0.05) is 0 Å². The molecular weight excluding hydrogens is 220 g/mol. The predicted octanol–water partition coefficient (Wildman–Crippen LogP) is 1.38. The molecule has 0 heterocycles. The molecule has 0 radical (unpaired) electrons. The van der Waals surface area contributed by atoms with Gasteiger partial charge in [0, 0.05) is 11.8 Å². The van der Waals surface area contributed by atoms with E-state index in [-0.39, 0.29) is 5.91 Å². The number of hydrogen-bond acceptors (Lipinski definition) is 4. The number of nitrogens with two attached hydrogens (primary N) is 1. The van der Waals surface area contributed by atoms with Gasteiger partial charge < -0.3 is 20.5 Å². The second-order valence-electron chi connectivity index (χ2n) is 3.58. The van der Waals surface area contributed by atoms with Gasteiger partial charge >= 0.3 is 0 Å². The van der Waals surface area contributed by atoms with Crippen molar-refractivity contribution in [1.29, 1.82) is 0 Å². The van der Waals surface area contributed by atoms with Gasteiger partial charge in [-0.2, -0.15) is 0 Å². The van der Waals surface area contributed by atoms with Crippen LogP contribution in [0.4, 0.5) is 5.69 Å². The minimum absolute atomic E-state index is 0.240. The maximum atomic E-state index is 11.4. The van der Waals surface area contributed by atoms with Crippen LogP contribution in [0, 0.1) is 0 Å². The Hall–Kier alpha value is -1.75. The molecule has 5 heteroatoms. The number of hydrogen-bond donors (Lipinski definition) is 2. The Balaban J connectivity index is 2.85. The van der Waals surface area contributed by atoms with E-state index in [4.69, 9.17) is 15.2 Å². The van der Waals surface area contributed by atoms with Gasteiger partial charge in [-0.15, -0.1) is 0 Å². The van der Waals surface area contributed by atoms with Gasteiger partial charge in [-0.3, -0.25) is 4.79 Å². The van der Waals surface area contributed by atoms with Crippen LogP contribution in [0.2, 0.25) is 0 Å². The van der Waals surface area contributed by atoms with Crippen LogP contribution in [0.3, 0.4) is 0 Å². The van der Waals surface area contributed by atoms with Gasteiger partial charge in [0.05, 0.1) is 19.8 Å². The quantitative estimate of drug-likeness (QED) is 0.812. The van der Waals surface area contributed by atoms with Gasteiger partial charge in [0.15, 0.2) is 11.5 Å². The molecular formula is C12H18N2O3. The second kappa shape index (κ2) is 6.10. The van der Waals surface area contributed by atoms with Crippen molar-refractivity contribution in [2.24, 2.45) is 5.73 Å². The first kappa shape index (κ1) is 13.3. The van der Waals surface area contributed by atoms with Crippen LogP contribution in [-0.4, -0.2) is 25.7 Å². The van der Waals surface area contributed by atoms with Crippen LogP contribution in [0.5, 0.6) is 11.5 Å². The molecule has 0 bridgehead atoms. The van der Waals surface area contributed by atoms with Gasteiger partial charge in [0.25, 0.3) is 0 Å². The lowest BCUT2D eigenvalue weighted by atomic mass is 10.2. The van der Waals surface area contributed by atoms with E-state index in [0.29, 0.717) is 23.8 Å². The Labute approximate surface area is 101 Å². The largest absolute Gasteiger partial charge is 0.493 e. The van der Waals surface area contributed by atoms with E-state index in [0.717, 1.165) is 0 Å². The molecule has 5 nitrogen and oxygen atoms in total. The molecule has 0 aliphatic carbocycles. The maximum absolute atomic E-state index is 11.4. The molecule has 0 aromatic heterocycles. The smallest absolute Gasteiger partial charge is 0.241 e. The van der Waals surface area contributed by atoms with Crippen LogP contribution >= 0.6 is 0 Å². The highest BCUT2D eigenvalue weighted by Crippen LogP contribution is 2.30.